The molecule has 0 aromatic heterocycles. The van der Waals surface area contributed by atoms with Crippen LogP contribution in [0.1, 0.15) is 40.7 Å². The van der Waals surface area contributed by atoms with Gasteiger partial charge in [-0.2, -0.15) is 0 Å². The molecule has 0 aliphatic carbocycles. The van der Waals surface area contributed by atoms with Crippen molar-refractivity contribution >= 4 is 38.9 Å². The summed E-state index contributed by atoms with van der Waals surface area (Å²) < 4.78 is 26.4. The maximum atomic E-state index is 12.9. The molecule has 1 saturated heterocycles. The minimum absolute atomic E-state index is 0.135. The van der Waals surface area contributed by atoms with Crippen LogP contribution in [0, 0.1) is 13.8 Å². The molecule has 0 spiro atoms. The number of carbonyl (C=O) groups excluding carboxylic acids is 1. The highest BCUT2D eigenvalue weighted by Crippen LogP contribution is 2.31. The van der Waals surface area contributed by atoms with Crippen LogP contribution in [0.5, 0.6) is 0 Å². The number of amides is 1. The number of anilines is 2. The lowest BCUT2D eigenvalue weighted by molar-refractivity contribution is 0.102. The highest BCUT2D eigenvalue weighted by molar-refractivity contribution is 7.89. The number of sulfonamides is 1. The minimum atomic E-state index is -3.66. The number of hydrogen-bond acceptors (Lipinski definition) is 4. The average Bonchev–Trinajstić information content (AvgIpc) is 2.70. The maximum absolute atomic E-state index is 12.9. The second-order valence-electron chi connectivity index (χ2n) is 7.87. The Morgan fingerprint density at radius 3 is 2.33 bits per heavy atom. The van der Waals surface area contributed by atoms with E-state index in [0.717, 1.165) is 41.5 Å². The van der Waals surface area contributed by atoms with E-state index in [0.29, 0.717) is 16.3 Å². The van der Waals surface area contributed by atoms with E-state index in [1.165, 1.54) is 26.6 Å². The second-order valence-corrected chi connectivity index (χ2v) is 10.4. The molecule has 0 radical (unpaired) electrons. The Labute approximate surface area is 183 Å². The molecule has 3 rings (SSSR count). The number of benzene rings is 2. The monoisotopic (exact) mass is 449 g/mol. The van der Waals surface area contributed by atoms with Crippen molar-refractivity contribution in [2.24, 2.45) is 0 Å². The van der Waals surface area contributed by atoms with E-state index in [1.807, 2.05) is 12.1 Å². The molecule has 1 aliphatic heterocycles. The fraction of sp³-hybridized carbons (Fsp3) is 0.409. The summed E-state index contributed by atoms with van der Waals surface area (Å²) in [5.74, 6) is -0.380. The van der Waals surface area contributed by atoms with E-state index >= 15 is 0 Å². The Balaban J connectivity index is 1.86. The number of nitrogens with zero attached hydrogens (tertiary/aromatic N) is 2. The van der Waals surface area contributed by atoms with Gasteiger partial charge in [0.25, 0.3) is 5.91 Å². The molecule has 8 heteroatoms. The number of carbonyl (C=O) groups is 1. The summed E-state index contributed by atoms with van der Waals surface area (Å²) in [6.07, 6.45) is 3.54. The molecule has 6 nitrogen and oxygen atoms in total. The van der Waals surface area contributed by atoms with Crippen LogP contribution in [0.4, 0.5) is 11.4 Å². The summed E-state index contributed by atoms with van der Waals surface area (Å²) in [6, 6.07) is 8.61. The van der Waals surface area contributed by atoms with Gasteiger partial charge in [0.05, 0.1) is 15.6 Å². The van der Waals surface area contributed by atoms with Crippen LogP contribution in [0.25, 0.3) is 0 Å². The Hall–Kier alpha value is -2.09. The molecular formula is C22H28ClN3O3S. The van der Waals surface area contributed by atoms with Gasteiger partial charge >= 0.3 is 0 Å². The van der Waals surface area contributed by atoms with Gasteiger partial charge in [-0.05, 0) is 74.6 Å². The number of aryl methyl sites for hydroxylation is 1. The topological polar surface area (TPSA) is 69.7 Å². The van der Waals surface area contributed by atoms with Crippen LogP contribution in [0.2, 0.25) is 5.02 Å². The third-order valence-electron chi connectivity index (χ3n) is 5.54. The van der Waals surface area contributed by atoms with Gasteiger partial charge in [0.1, 0.15) is 0 Å². The van der Waals surface area contributed by atoms with Crippen molar-refractivity contribution in [1.29, 1.82) is 0 Å². The fourth-order valence-corrected chi connectivity index (χ4v) is 5.12. The van der Waals surface area contributed by atoms with Crippen molar-refractivity contribution in [2.75, 3.05) is 37.4 Å². The summed E-state index contributed by atoms with van der Waals surface area (Å²) in [5.41, 5.74) is 3.20. The molecule has 0 atom stereocenters. The lowest BCUT2D eigenvalue weighted by Gasteiger charge is -2.29. The smallest absolute Gasteiger partial charge is 0.255 e. The Morgan fingerprint density at radius 1 is 1.07 bits per heavy atom. The normalized spacial score (nSPS) is 14.8. The van der Waals surface area contributed by atoms with E-state index in [1.54, 1.807) is 26.0 Å². The van der Waals surface area contributed by atoms with E-state index in [2.05, 4.69) is 10.2 Å². The molecule has 30 heavy (non-hydrogen) atoms. The van der Waals surface area contributed by atoms with Gasteiger partial charge in [-0.3, -0.25) is 4.79 Å². The van der Waals surface area contributed by atoms with Gasteiger partial charge in [-0.15, -0.1) is 0 Å². The summed E-state index contributed by atoms with van der Waals surface area (Å²) in [6.45, 7) is 5.51. The molecule has 1 N–H and O–H groups in total. The SMILES string of the molecule is Cc1cc(C(=O)Nc2ccc(N3CCCCC3)c(Cl)c2)cc(S(=O)(=O)N(C)C)c1C. The average molecular weight is 450 g/mol. The van der Waals surface area contributed by atoms with Crippen molar-refractivity contribution in [3.63, 3.8) is 0 Å². The van der Waals surface area contributed by atoms with Crippen LogP contribution in [-0.4, -0.2) is 45.8 Å². The van der Waals surface area contributed by atoms with E-state index in [4.69, 9.17) is 11.6 Å². The van der Waals surface area contributed by atoms with Crippen molar-refractivity contribution in [3.05, 3.63) is 52.0 Å². The first-order chi connectivity index (χ1) is 14.1. The molecule has 1 heterocycles. The summed E-state index contributed by atoms with van der Waals surface area (Å²) in [5, 5.41) is 3.42. The predicted octanol–water partition coefficient (Wildman–Crippen LogP) is 4.45. The third kappa shape index (κ3) is 4.63. The zero-order valence-corrected chi connectivity index (χ0v) is 19.4. The van der Waals surface area contributed by atoms with Gasteiger partial charge in [-0.1, -0.05) is 11.6 Å². The quantitative estimate of drug-likeness (QED) is 0.732. The number of nitrogens with one attached hydrogen (secondary N) is 1. The van der Waals surface area contributed by atoms with Crippen LogP contribution in [-0.2, 0) is 10.0 Å². The summed E-state index contributed by atoms with van der Waals surface area (Å²) >= 11 is 6.48. The van der Waals surface area contributed by atoms with Crippen molar-refractivity contribution in [1.82, 2.24) is 4.31 Å². The lowest BCUT2D eigenvalue weighted by atomic mass is 10.1. The summed E-state index contributed by atoms with van der Waals surface area (Å²) in [7, 11) is -0.707. The maximum Gasteiger partial charge on any atom is 0.255 e. The highest BCUT2D eigenvalue weighted by Gasteiger charge is 2.23. The van der Waals surface area contributed by atoms with Crippen LogP contribution in [0.15, 0.2) is 35.2 Å². The first-order valence-corrected chi connectivity index (χ1v) is 11.8. The molecule has 1 fully saturated rings. The van der Waals surface area contributed by atoms with E-state index in [-0.39, 0.29) is 16.4 Å². The molecule has 1 aliphatic rings. The summed E-state index contributed by atoms with van der Waals surface area (Å²) in [4.78, 5) is 15.2. The largest absolute Gasteiger partial charge is 0.370 e. The molecule has 0 bridgehead atoms. The Kier molecular flexibility index (Phi) is 6.75. The lowest BCUT2D eigenvalue weighted by Crippen LogP contribution is -2.29. The van der Waals surface area contributed by atoms with Crippen molar-refractivity contribution < 1.29 is 13.2 Å². The first kappa shape index (κ1) is 22.6. The van der Waals surface area contributed by atoms with E-state index in [9.17, 15) is 13.2 Å². The number of hydrogen-bond donors (Lipinski definition) is 1. The standard InChI is InChI=1S/C22H28ClN3O3S/c1-15-12-17(13-21(16(15)2)30(28,29)25(3)4)22(27)24-18-8-9-20(19(23)14-18)26-10-6-5-7-11-26/h8-9,12-14H,5-7,10-11H2,1-4H3,(H,24,27). The van der Waals surface area contributed by atoms with Gasteiger partial charge < -0.3 is 10.2 Å². The Bertz CT molecular complexity index is 1060. The molecule has 2 aromatic rings. The second kappa shape index (κ2) is 8.96. The molecule has 162 valence electrons. The number of halogens is 1. The van der Waals surface area contributed by atoms with Gasteiger partial charge in [0.2, 0.25) is 10.0 Å². The molecule has 0 saturated carbocycles. The molecular weight excluding hydrogens is 422 g/mol. The number of rotatable bonds is 5. The van der Waals surface area contributed by atoms with E-state index < -0.39 is 10.0 Å². The number of piperidine rings is 1. The fourth-order valence-electron chi connectivity index (χ4n) is 3.60. The highest BCUT2D eigenvalue weighted by atomic mass is 35.5. The molecule has 1 amide bonds. The van der Waals surface area contributed by atoms with Crippen LogP contribution >= 0.6 is 11.6 Å². The van der Waals surface area contributed by atoms with Gasteiger partial charge in [-0.25, -0.2) is 12.7 Å². The third-order valence-corrected chi connectivity index (χ3v) is 7.79. The zero-order valence-electron chi connectivity index (χ0n) is 17.8. The van der Waals surface area contributed by atoms with Crippen molar-refractivity contribution in [2.45, 2.75) is 38.0 Å². The predicted molar refractivity (Wildman–Crippen MR) is 122 cm³/mol. The molecule has 2 aromatic carbocycles. The van der Waals surface area contributed by atoms with Crippen LogP contribution < -0.4 is 10.2 Å². The van der Waals surface area contributed by atoms with Crippen LogP contribution in [0.3, 0.4) is 0 Å². The minimum Gasteiger partial charge on any atom is -0.370 e. The molecule has 0 unspecified atom stereocenters. The van der Waals surface area contributed by atoms with Gasteiger partial charge in [0.15, 0.2) is 0 Å². The zero-order chi connectivity index (χ0) is 22.1. The van der Waals surface area contributed by atoms with Crippen molar-refractivity contribution in [3.8, 4) is 0 Å². The Morgan fingerprint density at radius 2 is 1.73 bits per heavy atom. The van der Waals surface area contributed by atoms with Gasteiger partial charge in [0, 0.05) is 38.4 Å². The first-order valence-electron chi connectivity index (χ1n) is 10.0.